The second-order valence-corrected chi connectivity index (χ2v) is 13.3. The zero-order valence-electron chi connectivity index (χ0n) is 22.8. The summed E-state index contributed by atoms with van der Waals surface area (Å²) in [5.41, 5.74) is 4.86. The molecule has 1 aromatic heterocycles. The van der Waals surface area contributed by atoms with Crippen LogP contribution in [0.4, 0.5) is 10.2 Å². The number of aryl methyl sites for hydroxylation is 1. The number of hydrogen-bond donors (Lipinski definition) is 2. The molecule has 208 valence electrons. The van der Waals surface area contributed by atoms with Crippen LogP contribution < -0.4 is 15.0 Å². The first kappa shape index (κ1) is 24.4. The number of piperazine rings is 1. The van der Waals surface area contributed by atoms with Gasteiger partial charge in [0, 0.05) is 49.1 Å². The number of nitrogens with zero attached hydrogens (tertiary/aromatic N) is 4. The van der Waals surface area contributed by atoms with Crippen molar-refractivity contribution in [3.05, 3.63) is 40.6 Å². The lowest BCUT2D eigenvalue weighted by Crippen LogP contribution is -2.52. The summed E-state index contributed by atoms with van der Waals surface area (Å²) < 4.78 is 20.9. The average Bonchev–Trinajstić information content (AvgIpc) is 3.58. The van der Waals surface area contributed by atoms with Gasteiger partial charge in [-0.2, -0.15) is 9.97 Å². The van der Waals surface area contributed by atoms with Gasteiger partial charge in [0.05, 0.1) is 11.2 Å². The second-order valence-electron chi connectivity index (χ2n) is 13.3. The molecule has 1 unspecified atom stereocenters. The van der Waals surface area contributed by atoms with Gasteiger partial charge in [0.2, 0.25) is 0 Å². The van der Waals surface area contributed by atoms with Crippen LogP contribution in [0.1, 0.15) is 73.8 Å². The van der Waals surface area contributed by atoms with E-state index in [1.165, 1.54) is 29.5 Å². The molecule has 5 heterocycles. The molecule has 4 saturated heterocycles. The third-order valence-electron chi connectivity index (χ3n) is 10.9. The van der Waals surface area contributed by atoms with Crippen LogP contribution in [-0.4, -0.2) is 76.6 Å². The molecule has 2 N–H and O–H groups in total. The smallest absolute Gasteiger partial charge is 0.318 e. The summed E-state index contributed by atoms with van der Waals surface area (Å²) in [6, 6.07) is 7.46. The molecule has 0 radical (unpaired) electrons. The number of phenols is 1. The monoisotopic (exact) mass is 533 g/mol. The van der Waals surface area contributed by atoms with Crippen molar-refractivity contribution in [2.45, 2.75) is 99.8 Å². The first-order valence-electron chi connectivity index (χ1n) is 15.2. The summed E-state index contributed by atoms with van der Waals surface area (Å²) in [5.74, 6) is 1.42. The molecule has 8 rings (SSSR count). The van der Waals surface area contributed by atoms with E-state index in [4.69, 9.17) is 14.7 Å². The molecule has 1 spiro atoms. The molecule has 2 aliphatic carbocycles. The molecule has 0 amide bonds. The van der Waals surface area contributed by atoms with Gasteiger partial charge in [-0.05, 0) is 94.0 Å². The minimum atomic E-state index is -0.770. The molecule has 7 nitrogen and oxygen atoms in total. The largest absolute Gasteiger partial charge is 0.508 e. The van der Waals surface area contributed by atoms with Crippen LogP contribution in [0.5, 0.6) is 11.8 Å². The van der Waals surface area contributed by atoms with Gasteiger partial charge in [0.15, 0.2) is 0 Å². The summed E-state index contributed by atoms with van der Waals surface area (Å²) in [5, 5.41) is 14.1. The third-order valence-corrected chi connectivity index (χ3v) is 10.9. The van der Waals surface area contributed by atoms with Crippen molar-refractivity contribution in [3.8, 4) is 11.8 Å². The number of nitrogens with one attached hydrogen (secondary N) is 1. The van der Waals surface area contributed by atoms with E-state index in [-0.39, 0.29) is 11.0 Å². The summed E-state index contributed by atoms with van der Waals surface area (Å²) in [6.45, 7) is 3.89. The lowest BCUT2D eigenvalue weighted by molar-refractivity contribution is 0.107. The Morgan fingerprint density at radius 2 is 1.92 bits per heavy atom. The van der Waals surface area contributed by atoms with Crippen molar-refractivity contribution >= 4 is 5.82 Å². The highest BCUT2D eigenvalue weighted by atomic mass is 19.1. The van der Waals surface area contributed by atoms with Gasteiger partial charge in [-0.3, -0.25) is 4.90 Å². The number of halogens is 1. The molecule has 4 fully saturated rings. The Morgan fingerprint density at radius 3 is 2.79 bits per heavy atom. The van der Waals surface area contributed by atoms with Crippen molar-refractivity contribution < 1.29 is 14.2 Å². The molecular formula is C31H40FN5O2. The van der Waals surface area contributed by atoms with Crippen molar-refractivity contribution in [3.63, 3.8) is 0 Å². The quantitative estimate of drug-likeness (QED) is 0.619. The van der Waals surface area contributed by atoms with Crippen LogP contribution in [0.15, 0.2) is 18.2 Å². The minimum Gasteiger partial charge on any atom is -0.508 e. The maximum absolute atomic E-state index is 14.4. The van der Waals surface area contributed by atoms with Crippen LogP contribution in [0.3, 0.4) is 0 Å². The Balaban J connectivity index is 1.15. The van der Waals surface area contributed by atoms with Gasteiger partial charge < -0.3 is 20.1 Å². The predicted octanol–water partition coefficient (Wildman–Crippen LogP) is 3.84. The first-order chi connectivity index (χ1) is 19.0. The molecule has 2 aromatic rings. The van der Waals surface area contributed by atoms with Crippen molar-refractivity contribution in [1.82, 2.24) is 20.2 Å². The molecular weight excluding hydrogens is 493 g/mol. The highest BCUT2D eigenvalue weighted by molar-refractivity contribution is 5.54. The van der Waals surface area contributed by atoms with E-state index >= 15 is 0 Å². The summed E-state index contributed by atoms with van der Waals surface area (Å²) >= 11 is 0. The maximum atomic E-state index is 14.4. The van der Waals surface area contributed by atoms with E-state index in [1.807, 2.05) is 12.1 Å². The van der Waals surface area contributed by atoms with Gasteiger partial charge in [-0.1, -0.05) is 6.07 Å². The number of aromatic hydroxyl groups is 1. The van der Waals surface area contributed by atoms with E-state index < -0.39 is 6.17 Å². The number of ether oxygens (including phenoxy) is 1. The number of fused-ring (bicyclic) bond motifs is 6. The van der Waals surface area contributed by atoms with E-state index in [2.05, 4.69) is 21.2 Å². The van der Waals surface area contributed by atoms with E-state index in [9.17, 15) is 9.50 Å². The standard InChI is InChI=1S/C31H40FN5O2/c32-21-14-31(10-2-12-37(31)16-21)19-39-29-34-27-15-30(9-1-3-20-4-7-24(38)13-26(20)30)11-8-25(27)28(35-29)36-17-22-5-6-23(18-36)33-22/h4,7,13,21-23,33,38H,1-3,5-6,8-12,14-19H2/t21-,22-,23+,30?,31+/m1/s1. The van der Waals surface area contributed by atoms with Crippen LogP contribution in [0, 0.1) is 0 Å². The Labute approximate surface area is 230 Å². The molecule has 2 bridgehead atoms. The molecule has 8 heteroatoms. The normalized spacial score (nSPS) is 35.2. The fraction of sp³-hybridized carbons (Fsp3) is 0.677. The fourth-order valence-electron chi connectivity index (χ4n) is 9.09. The molecule has 5 atom stereocenters. The van der Waals surface area contributed by atoms with Gasteiger partial charge >= 0.3 is 6.01 Å². The number of anilines is 1. The van der Waals surface area contributed by atoms with Gasteiger partial charge in [0.25, 0.3) is 0 Å². The number of benzene rings is 1. The zero-order chi connectivity index (χ0) is 26.2. The predicted molar refractivity (Wildman–Crippen MR) is 147 cm³/mol. The van der Waals surface area contributed by atoms with Crippen LogP contribution in [0.25, 0.3) is 0 Å². The van der Waals surface area contributed by atoms with Crippen molar-refractivity contribution in [1.29, 1.82) is 0 Å². The van der Waals surface area contributed by atoms with Crippen molar-refractivity contribution in [2.75, 3.05) is 37.7 Å². The Hall–Kier alpha value is -2.45. The van der Waals surface area contributed by atoms with E-state index in [0.717, 1.165) is 82.5 Å². The molecule has 4 aliphatic heterocycles. The Bertz CT molecular complexity index is 1280. The number of rotatable bonds is 4. The van der Waals surface area contributed by atoms with E-state index in [0.29, 0.717) is 43.4 Å². The average molecular weight is 534 g/mol. The number of phenolic OH excluding ortho intramolecular Hbond substituents is 1. The second kappa shape index (κ2) is 9.03. The Morgan fingerprint density at radius 1 is 1.05 bits per heavy atom. The number of aromatic nitrogens is 2. The van der Waals surface area contributed by atoms with E-state index in [1.54, 1.807) is 0 Å². The summed E-state index contributed by atoms with van der Waals surface area (Å²) in [4.78, 5) is 15.0. The maximum Gasteiger partial charge on any atom is 0.318 e. The zero-order valence-corrected chi connectivity index (χ0v) is 22.8. The van der Waals surface area contributed by atoms with Crippen LogP contribution >= 0.6 is 0 Å². The van der Waals surface area contributed by atoms with Crippen LogP contribution in [0.2, 0.25) is 0 Å². The number of alkyl halides is 1. The first-order valence-corrected chi connectivity index (χ1v) is 15.2. The lowest BCUT2D eigenvalue weighted by Gasteiger charge is -2.43. The fourth-order valence-corrected chi connectivity index (χ4v) is 9.09. The SMILES string of the molecule is Oc1ccc2c(c1)C1(CCC2)CCc2c(nc(OC[C@@]34CCCN3C[C@H](F)C4)nc2N2C[C@H]3CC[C@@H](C2)N3)C1. The number of hydrogen-bond acceptors (Lipinski definition) is 7. The van der Waals surface area contributed by atoms with Gasteiger partial charge in [-0.25, -0.2) is 4.39 Å². The highest BCUT2D eigenvalue weighted by Gasteiger charge is 2.50. The molecule has 1 aromatic carbocycles. The lowest BCUT2D eigenvalue weighted by atomic mass is 9.62. The van der Waals surface area contributed by atoms with Gasteiger partial charge in [-0.15, -0.1) is 0 Å². The highest BCUT2D eigenvalue weighted by Crippen LogP contribution is 2.49. The van der Waals surface area contributed by atoms with Crippen molar-refractivity contribution in [2.24, 2.45) is 0 Å². The topological polar surface area (TPSA) is 73.8 Å². The Kier molecular flexibility index (Phi) is 5.64. The minimum absolute atomic E-state index is 0.00145. The van der Waals surface area contributed by atoms with Gasteiger partial charge in [0.1, 0.15) is 24.3 Å². The molecule has 39 heavy (non-hydrogen) atoms. The van der Waals surface area contributed by atoms with Crippen LogP contribution in [-0.2, 0) is 24.7 Å². The molecule has 6 aliphatic rings. The third kappa shape index (κ3) is 4.04. The summed E-state index contributed by atoms with van der Waals surface area (Å²) in [6.07, 6.45) is 10.5. The molecule has 0 saturated carbocycles. The summed E-state index contributed by atoms with van der Waals surface area (Å²) in [7, 11) is 0.